The van der Waals surface area contributed by atoms with Crippen LogP contribution in [0.15, 0.2) is 22.7 Å². The topological polar surface area (TPSA) is 12.0 Å². The Morgan fingerprint density at radius 2 is 2.21 bits per heavy atom. The molecule has 0 saturated heterocycles. The second-order valence-electron chi connectivity index (χ2n) is 5.69. The molecule has 19 heavy (non-hydrogen) atoms. The molecule has 0 heterocycles. The molecule has 1 saturated carbocycles. The largest absolute Gasteiger partial charge is 0.307 e. The minimum atomic E-state index is -0.128. The number of benzene rings is 1. The van der Waals surface area contributed by atoms with Crippen LogP contribution in [-0.4, -0.2) is 6.04 Å². The van der Waals surface area contributed by atoms with Crippen LogP contribution in [0.1, 0.15) is 57.6 Å². The predicted octanol–water partition coefficient (Wildman–Crippen LogP) is 5.21. The molecular weight excluding hydrogens is 305 g/mol. The first-order chi connectivity index (χ1) is 9.10. The SMILES string of the molecule is CCC1CCCC(NC(C)c2ccc(Br)cc2F)C1. The fourth-order valence-corrected chi connectivity index (χ4v) is 3.44. The molecule has 0 radical (unpaired) electrons. The molecule has 1 fully saturated rings. The van der Waals surface area contributed by atoms with Crippen LogP contribution in [0, 0.1) is 11.7 Å². The third-order valence-corrected chi connectivity index (χ3v) is 4.77. The van der Waals surface area contributed by atoms with E-state index in [2.05, 4.69) is 35.1 Å². The van der Waals surface area contributed by atoms with E-state index in [1.165, 1.54) is 32.1 Å². The van der Waals surface area contributed by atoms with Crippen LogP contribution in [0.5, 0.6) is 0 Å². The fourth-order valence-electron chi connectivity index (χ4n) is 3.11. The zero-order valence-electron chi connectivity index (χ0n) is 11.8. The predicted molar refractivity (Wildman–Crippen MR) is 81.7 cm³/mol. The first-order valence-corrected chi connectivity index (χ1v) is 8.10. The van der Waals surface area contributed by atoms with Crippen LogP contribution >= 0.6 is 15.9 Å². The molecular formula is C16H23BrFN. The van der Waals surface area contributed by atoms with E-state index in [9.17, 15) is 4.39 Å². The van der Waals surface area contributed by atoms with E-state index in [1.807, 2.05) is 12.1 Å². The zero-order valence-corrected chi connectivity index (χ0v) is 13.3. The molecule has 1 aliphatic rings. The van der Waals surface area contributed by atoms with Gasteiger partial charge in [-0.1, -0.05) is 48.2 Å². The van der Waals surface area contributed by atoms with Gasteiger partial charge in [0.25, 0.3) is 0 Å². The molecule has 0 spiro atoms. The molecule has 1 aliphatic carbocycles. The van der Waals surface area contributed by atoms with Gasteiger partial charge in [-0.2, -0.15) is 0 Å². The monoisotopic (exact) mass is 327 g/mol. The van der Waals surface area contributed by atoms with E-state index in [4.69, 9.17) is 0 Å². The summed E-state index contributed by atoms with van der Waals surface area (Å²) < 4.78 is 14.7. The molecule has 1 aromatic carbocycles. The summed E-state index contributed by atoms with van der Waals surface area (Å²) in [7, 11) is 0. The van der Waals surface area contributed by atoms with Crippen molar-refractivity contribution in [3.63, 3.8) is 0 Å². The van der Waals surface area contributed by atoms with Gasteiger partial charge in [0, 0.05) is 22.1 Å². The Morgan fingerprint density at radius 1 is 1.42 bits per heavy atom. The van der Waals surface area contributed by atoms with Crippen LogP contribution in [-0.2, 0) is 0 Å². The van der Waals surface area contributed by atoms with Crippen molar-refractivity contribution in [3.05, 3.63) is 34.1 Å². The highest BCUT2D eigenvalue weighted by Gasteiger charge is 2.23. The van der Waals surface area contributed by atoms with Gasteiger partial charge in [0.2, 0.25) is 0 Å². The van der Waals surface area contributed by atoms with Gasteiger partial charge in [-0.25, -0.2) is 4.39 Å². The highest BCUT2D eigenvalue weighted by atomic mass is 79.9. The molecule has 106 valence electrons. The summed E-state index contributed by atoms with van der Waals surface area (Å²) in [5, 5.41) is 3.60. The second-order valence-corrected chi connectivity index (χ2v) is 6.61. The first kappa shape index (κ1) is 15.0. The van der Waals surface area contributed by atoms with Crippen molar-refractivity contribution >= 4 is 15.9 Å². The lowest BCUT2D eigenvalue weighted by Crippen LogP contribution is -2.36. The van der Waals surface area contributed by atoms with Crippen molar-refractivity contribution in [2.24, 2.45) is 5.92 Å². The highest BCUT2D eigenvalue weighted by Crippen LogP contribution is 2.29. The summed E-state index contributed by atoms with van der Waals surface area (Å²) in [6, 6.07) is 5.94. The maximum Gasteiger partial charge on any atom is 0.129 e. The molecule has 3 heteroatoms. The number of hydrogen-bond donors (Lipinski definition) is 1. The average Bonchev–Trinajstić information content (AvgIpc) is 2.38. The number of halogens is 2. The Bertz CT molecular complexity index is 421. The van der Waals surface area contributed by atoms with Crippen molar-refractivity contribution < 1.29 is 4.39 Å². The van der Waals surface area contributed by atoms with Crippen molar-refractivity contribution in [2.45, 2.75) is 58.0 Å². The molecule has 0 aliphatic heterocycles. The Morgan fingerprint density at radius 3 is 2.89 bits per heavy atom. The quantitative estimate of drug-likeness (QED) is 0.800. The lowest BCUT2D eigenvalue weighted by molar-refractivity contribution is 0.264. The van der Waals surface area contributed by atoms with E-state index in [1.54, 1.807) is 6.07 Å². The van der Waals surface area contributed by atoms with Gasteiger partial charge < -0.3 is 5.32 Å². The van der Waals surface area contributed by atoms with Crippen molar-refractivity contribution in [1.29, 1.82) is 0 Å². The van der Waals surface area contributed by atoms with Gasteiger partial charge in [0.1, 0.15) is 5.82 Å². The highest BCUT2D eigenvalue weighted by molar-refractivity contribution is 9.10. The minimum Gasteiger partial charge on any atom is -0.307 e. The molecule has 0 aromatic heterocycles. The van der Waals surface area contributed by atoms with Crippen LogP contribution in [0.4, 0.5) is 4.39 Å². The van der Waals surface area contributed by atoms with Gasteiger partial charge >= 0.3 is 0 Å². The van der Waals surface area contributed by atoms with Crippen LogP contribution < -0.4 is 5.32 Å². The molecule has 1 aromatic rings. The van der Waals surface area contributed by atoms with Gasteiger partial charge in [0.15, 0.2) is 0 Å². The normalized spacial score (nSPS) is 25.3. The Kier molecular flexibility index (Phi) is 5.40. The van der Waals surface area contributed by atoms with Crippen LogP contribution in [0.3, 0.4) is 0 Å². The third kappa shape index (κ3) is 4.03. The average molecular weight is 328 g/mol. The van der Waals surface area contributed by atoms with E-state index in [0.29, 0.717) is 6.04 Å². The summed E-state index contributed by atoms with van der Waals surface area (Å²) in [4.78, 5) is 0. The summed E-state index contributed by atoms with van der Waals surface area (Å²) in [5.74, 6) is 0.713. The summed E-state index contributed by atoms with van der Waals surface area (Å²) in [5.41, 5.74) is 0.766. The smallest absolute Gasteiger partial charge is 0.129 e. The number of hydrogen-bond acceptors (Lipinski definition) is 1. The summed E-state index contributed by atoms with van der Waals surface area (Å²) >= 11 is 3.30. The van der Waals surface area contributed by atoms with Gasteiger partial charge in [0.05, 0.1) is 0 Å². The third-order valence-electron chi connectivity index (χ3n) is 4.27. The maximum absolute atomic E-state index is 13.9. The van der Waals surface area contributed by atoms with E-state index in [-0.39, 0.29) is 11.9 Å². The maximum atomic E-state index is 13.9. The fraction of sp³-hybridized carbons (Fsp3) is 0.625. The molecule has 2 rings (SSSR count). The van der Waals surface area contributed by atoms with Gasteiger partial charge in [-0.3, -0.25) is 0 Å². The summed E-state index contributed by atoms with van der Waals surface area (Å²) in [6.07, 6.45) is 6.37. The minimum absolute atomic E-state index is 0.0775. The zero-order chi connectivity index (χ0) is 13.8. The molecule has 1 nitrogen and oxygen atoms in total. The van der Waals surface area contributed by atoms with Gasteiger partial charge in [-0.15, -0.1) is 0 Å². The number of nitrogens with one attached hydrogen (secondary N) is 1. The molecule has 0 amide bonds. The Hall–Kier alpha value is -0.410. The molecule has 3 atom stereocenters. The Labute approximate surface area is 124 Å². The van der Waals surface area contributed by atoms with Crippen molar-refractivity contribution in [3.8, 4) is 0 Å². The van der Waals surface area contributed by atoms with E-state index >= 15 is 0 Å². The molecule has 0 bridgehead atoms. The lowest BCUT2D eigenvalue weighted by Gasteiger charge is -2.31. The van der Waals surface area contributed by atoms with Crippen molar-refractivity contribution in [2.75, 3.05) is 0 Å². The van der Waals surface area contributed by atoms with E-state index in [0.717, 1.165) is 16.0 Å². The van der Waals surface area contributed by atoms with E-state index < -0.39 is 0 Å². The number of rotatable bonds is 4. The second kappa shape index (κ2) is 6.85. The lowest BCUT2D eigenvalue weighted by atomic mass is 9.84. The first-order valence-electron chi connectivity index (χ1n) is 7.31. The van der Waals surface area contributed by atoms with Crippen LogP contribution in [0.2, 0.25) is 0 Å². The Balaban J connectivity index is 1.98. The van der Waals surface area contributed by atoms with Crippen LogP contribution in [0.25, 0.3) is 0 Å². The molecule has 3 unspecified atom stereocenters. The standard InChI is InChI=1S/C16H23BrFN/c1-3-12-5-4-6-14(9-12)19-11(2)15-8-7-13(17)10-16(15)18/h7-8,10-12,14,19H,3-6,9H2,1-2H3. The van der Waals surface area contributed by atoms with Gasteiger partial charge in [-0.05, 0) is 37.8 Å². The van der Waals surface area contributed by atoms with Crippen molar-refractivity contribution in [1.82, 2.24) is 5.32 Å². The molecule has 1 N–H and O–H groups in total. The summed E-state index contributed by atoms with van der Waals surface area (Å²) in [6.45, 7) is 4.33.